The van der Waals surface area contributed by atoms with Crippen molar-refractivity contribution in [3.05, 3.63) is 42.0 Å². The van der Waals surface area contributed by atoms with E-state index in [1.165, 1.54) is 12.8 Å². The van der Waals surface area contributed by atoms with Crippen LogP contribution in [-0.4, -0.2) is 62.9 Å². The van der Waals surface area contributed by atoms with Gasteiger partial charge in [-0.1, -0.05) is 6.07 Å². The summed E-state index contributed by atoms with van der Waals surface area (Å²) in [6.07, 6.45) is 6.24. The first-order chi connectivity index (χ1) is 18.2. The van der Waals surface area contributed by atoms with Crippen molar-refractivity contribution >= 4 is 38.9 Å². The number of anilines is 4. The van der Waals surface area contributed by atoms with E-state index in [0.717, 1.165) is 50.5 Å². The largest absolute Gasteiger partial charge is 0.375 e. The van der Waals surface area contributed by atoms with Crippen LogP contribution in [0.25, 0.3) is 0 Å². The molecular formula is C28H37N5O4S. The molecule has 204 valence electrons. The van der Waals surface area contributed by atoms with Crippen molar-refractivity contribution in [2.75, 3.05) is 52.6 Å². The number of carbonyl (C=O) groups is 1. The van der Waals surface area contributed by atoms with Gasteiger partial charge in [-0.05, 0) is 88.1 Å². The fourth-order valence-corrected chi connectivity index (χ4v) is 6.87. The van der Waals surface area contributed by atoms with Crippen LogP contribution >= 0.6 is 0 Å². The Bertz CT molecular complexity index is 1330. The van der Waals surface area contributed by atoms with Crippen molar-refractivity contribution in [3.63, 3.8) is 0 Å². The number of rotatable bonds is 7. The van der Waals surface area contributed by atoms with E-state index in [9.17, 15) is 13.2 Å². The number of pyridine rings is 1. The van der Waals surface area contributed by atoms with Gasteiger partial charge in [0.2, 0.25) is 10.0 Å². The SMILES string of the molecule is C[C@@H]1CN(c2cccc(NC(=O)c3ccc(NS(=O)(=O)C4(C)CC4)cc3N3CCC4(CC3)CC4)n2)CCO1. The maximum Gasteiger partial charge on any atom is 0.258 e. The summed E-state index contributed by atoms with van der Waals surface area (Å²) in [5, 5.41) is 2.99. The molecule has 1 amide bonds. The fourth-order valence-electron chi connectivity index (χ4n) is 5.55. The quantitative estimate of drug-likeness (QED) is 0.543. The topological polar surface area (TPSA) is 104 Å². The number of hydrogen-bond acceptors (Lipinski definition) is 7. The van der Waals surface area contributed by atoms with Gasteiger partial charge in [0.1, 0.15) is 11.6 Å². The minimum atomic E-state index is -3.49. The van der Waals surface area contributed by atoms with Gasteiger partial charge in [-0.3, -0.25) is 9.52 Å². The van der Waals surface area contributed by atoms with Gasteiger partial charge >= 0.3 is 0 Å². The van der Waals surface area contributed by atoms with Crippen LogP contribution in [0, 0.1) is 5.41 Å². The highest BCUT2D eigenvalue weighted by molar-refractivity contribution is 7.94. The van der Waals surface area contributed by atoms with E-state index in [2.05, 4.69) is 19.8 Å². The van der Waals surface area contributed by atoms with Crippen LogP contribution in [0.1, 0.15) is 62.7 Å². The fraction of sp³-hybridized carbons (Fsp3) is 0.571. The molecule has 2 N–H and O–H groups in total. The molecule has 0 unspecified atom stereocenters. The molecule has 3 heterocycles. The zero-order valence-electron chi connectivity index (χ0n) is 22.2. The van der Waals surface area contributed by atoms with Crippen molar-refractivity contribution < 1.29 is 17.9 Å². The van der Waals surface area contributed by atoms with Crippen molar-refractivity contribution in [2.24, 2.45) is 5.41 Å². The van der Waals surface area contributed by atoms with Gasteiger partial charge in [0.15, 0.2) is 0 Å². The second-order valence-corrected chi connectivity index (χ2v) is 13.9. The van der Waals surface area contributed by atoms with E-state index in [1.807, 2.05) is 25.1 Å². The van der Waals surface area contributed by atoms with Crippen molar-refractivity contribution in [2.45, 2.75) is 63.2 Å². The van der Waals surface area contributed by atoms with Crippen LogP contribution in [0.2, 0.25) is 0 Å². The van der Waals surface area contributed by atoms with Gasteiger partial charge in [0.05, 0.1) is 34.4 Å². The minimum absolute atomic E-state index is 0.129. The molecule has 6 rings (SSSR count). The van der Waals surface area contributed by atoms with Gasteiger partial charge in [0, 0.05) is 26.2 Å². The Morgan fingerprint density at radius 1 is 1.03 bits per heavy atom. The number of ether oxygens (including phenoxy) is 1. The van der Waals surface area contributed by atoms with Crippen molar-refractivity contribution in [1.82, 2.24) is 4.98 Å². The van der Waals surface area contributed by atoms with E-state index in [0.29, 0.717) is 41.9 Å². The van der Waals surface area contributed by atoms with Crippen molar-refractivity contribution in [1.29, 1.82) is 0 Å². The molecule has 2 saturated heterocycles. The summed E-state index contributed by atoms with van der Waals surface area (Å²) in [4.78, 5) is 22.7. The molecule has 1 atom stereocenters. The van der Waals surface area contributed by atoms with Gasteiger partial charge in [0.25, 0.3) is 5.91 Å². The molecule has 2 aliphatic carbocycles. The van der Waals surface area contributed by atoms with Gasteiger partial charge in [-0.2, -0.15) is 0 Å². The Kier molecular flexibility index (Phi) is 6.30. The molecule has 4 fully saturated rings. The van der Waals surface area contributed by atoms with Crippen LogP contribution < -0.4 is 19.8 Å². The Morgan fingerprint density at radius 2 is 1.79 bits per heavy atom. The van der Waals surface area contributed by atoms with Gasteiger partial charge < -0.3 is 19.9 Å². The maximum atomic E-state index is 13.6. The number of morpholine rings is 1. The molecular weight excluding hydrogens is 502 g/mol. The van der Waals surface area contributed by atoms with Crippen molar-refractivity contribution in [3.8, 4) is 0 Å². The molecule has 1 spiro atoms. The van der Waals surface area contributed by atoms with E-state index in [4.69, 9.17) is 9.72 Å². The molecule has 0 radical (unpaired) electrons. The lowest BCUT2D eigenvalue weighted by Gasteiger charge is -2.35. The summed E-state index contributed by atoms with van der Waals surface area (Å²) in [7, 11) is -3.49. The predicted molar refractivity (Wildman–Crippen MR) is 150 cm³/mol. The Hall–Kier alpha value is -2.85. The second kappa shape index (κ2) is 9.41. The lowest BCUT2D eigenvalue weighted by atomic mass is 9.93. The third-order valence-electron chi connectivity index (χ3n) is 8.76. The summed E-state index contributed by atoms with van der Waals surface area (Å²) >= 11 is 0. The third-order valence-corrected chi connectivity index (χ3v) is 11.0. The van der Waals surface area contributed by atoms with Crippen LogP contribution in [0.5, 0.6) is 0 Å². The molecule has 1 aromatic carbocycles. The lowest BCUT2D eigenvalue weighted by Crippen LogP contribution is -2.41. The summed E-state index contributed by atoms with van der Waals surface area (Å²) in [6.45, 7) is 7.69. The lowest BCUT2D eigenvalue weighted by molar-refractivity contribution is 0.0529. The number of benzene rings is 1. The second-order valence-electron chi connectivity index (χ2n) is 11.7. The summed E-state index contributed by atoms with van der Waals surface area (Å²) in [5.74, 6) is 1.04. The average molecular weight is 540 g/mol. The number of hydrogen-bond donors (Lipinski definition) is 2. The highest BCUT2D eigenvalue weighted by Crippen LogP contribution is 2.54. The Balaban J connectivity index is 1.25. The molecule has 2 saturated carbocycles. The molecule has 10 heteroatoms. The van der Waals surface area contributed by atoms with E-state index < -0.39 is 14.8 Å². The Labute approximate surface area is 225 Å². The van der Waals surface area contributed by atoms with Gasteiger partial charge in [-0.15, -0.1) is 0 Å². The summed E-state index contributed by atoms with van der Waals surface area (Å²) in [5.41, 5.74) is 2.26. The monoisotopic (exact) mass is 539 g/mol. The third kappa shape index (κ3) is 5.08. The minimum Gasteiger partial charge on any atom is -0.375 e. The average Bonchev–Trinajstić information content (AvgIpc) is 3.83. The number of aromatic nitrogens is 1. The highest BCUT2D eigenvalue weighted by atomic mass is 32.2. The summed E-state index contributed by atoms with van der Waals surface area (Å²) in [6, 6.07) is 10.9. The first kappa shape index (κ1) is 25.4. The molecule has 2 aromatic rings. The van der Waals surface area contributed by atoms with Gasteiger partial charge in [-0.25, -0.2) is 13.4 Å². The predicted octanol–water partition coefficient (Wildman–Crippen LogP) is 4.23. The van der Waals surface area contributed by atoms with Crippen LogP contribution in [0.4, 0.5) is 23.0 Å². The molecule has 38 heavy (non-hydrogen) atoms. The maximum absolute atomic E-state index is 13.6. The zero-order chi connectivity index (χ0) is 26.5. The Morgan fingerprint density at radius 3 is 2.47 bits per heavy atom. The molecule has 2 aliphatic heterocycles. The number of nitrogens with zero attached hydrogens (tertiary/aromatic N) is 3. The number of piperidine rings is 1. The number of amides is 1. The first-order valence-corrected chi connectivity index (χ1v) is 15.2. The molecule has 0 bridgehead atoms. The van der Waals surface area contributed by atoms with E-state index in [1.54, 1.807) is 25.1 Å². The van der Waals surface area contributed by atoms with E-state index >= 15 is 0 Å². The standard InChI is InChI=1S/C28H37N5O4S/c1-20-19-33(16-17-37-20)25-5-3-4-24(29-25)30-26(34)22-7-6-21(31-38(35,36)27(2)8-9-27)18-23(22)32-14-12-28(10-11-28)13-15-32/h3-7,18,20,31H,8-17,19H2,1-2H3,(H,29,30,34)/t20-/m1/s1. The number of sulfonamides is 1. The molecule has 9 nitrogen and oxygen atoms in total. The summed E-state index contributed by atoms with van der Waals surface area (Å²) < 4.78 is 33.5. The normalized spacial score (nSPS) is 23.7. The first-order valence-electron chi connectivity index (χ1n) is 13.7. The number of carbonyl (C=O) groups excluding carboxylic acids is 1. The van der Waals surface area contributed by atoms with Crippen LogP contribution in [-0.2, 0) is 14.8 Å². The van der Waals surface area contributed by atoms with E-state index in [-0.39, 0.29) is 12.0 Å². The number of nitrogens with one attached hydrogen (secondary N) is 2. The van der Waals surface area contributed by atoms with Crippen LogP contribution in [0.3, 0.4) is 0 Å². The van der Waals surface area contributed by atoms with Crippen LogP contribution in [0.15, 0.2) is 36.4 Å². The molecule has 1 aromatic heterocycles. The smallest absolute Gasteiger partial charge is 0.258 e. The molecule has 4 aliphatic rings. The zero-order valence-corrected chi connectivity index (χ0v) is 23.0. The highest BCUT2D eigenvalue weighted by Gasteiger charge is 2.50.